The maximum Gasteiger partial charge on any atom is 0.104 e. The highest BCUT2D eigenvalue weighted by atomic mass is 79.9. The van der Waals surface area contributed by atoms with Crippen molar-refractivity contribution in [1.29, 1.82) is 0 Å². The quantitative estimate of drug-likeness (QED) is 0.782. The van der Waals surface area contributed by atoms with Crippen LogP contribution in [-0.4, -0.2) is 5.11 Å². The standard InChI is InChI=1S/C17H18BrClO/c1-11(2)8-12-4-3-5-13(9-12)17(20)14-6-7-16(19)15(18)10-14/h3-7,9-11,17,20H,8H2,1-2H3. The summed E-state index contributed by atoms with van der Waals surface area (Å²) >= 11 is 9.38. The minimum atomic E-state index is -0.629. The summed E-state index contributed by atoms with van der Waals surface area (Å²) < 4.78 is 0.800. The first-order valence-electron chi connectivity index (χ1n) is 6.69. The van der Waals surface area contributed by atoms with Gasteiger partial charge in [-0.2, -0.15) is 0 Å². The molecule has 0 heterocycles. The van der Waals surface area contributed by atoms with Gasteiger partial charge in [-0.05, 0) is 57.1 Å². The molecular formula is C17H18BrClO. The zero-order valence-electron chi connectivity index (χ0n) is 11.6. The van der Waals surface area contributed by atoms with E-state index in [0.29, 0.717) is 10.9 Å². The Morgan fingerprint density at radius 3 is 2.45 bits per heavy atom. The molecule has 0 bridgehead atoms. The highest BCUT2D eigenvalue weighted by molar-refractivity contribution is 9.10. The van der Waals surface area contributed by atoms with Crippen molar-refractivity contribution in [3.8, 4) is 0 Å². The molecule has 0 saturated heterocycles. The van der Waals surface area contributed by atoms with Crippen LogP contribution in [0.1, 0.15) is 36.6 Å². The topological polar surface area (TPSA) is 20.2 Å². The van der Waals surface area contributed by atoms with Crippen LogP contribution in [0.3, 0.4) is 0 Å². The van der Waals surface area contributed by atoms with E-state index >= 15 is 0 Å². The Morgan fingerprint density at radius 2 is 1.80 bits per heavy atom. The second-order valence-corrected chi connectivity index (χ2v) is 6.68. The van der Waals surface area contributed by atoms with Crippen LogP contribution >= 0.6 is 27.5 Å². The van der Waals surface area contributed by atoms with Crippen LogP contribution < -0.4 is 0 Å². The molecular weight excluding hydrogens is 336 g/mol. The van der Waals surface area contributed by atoms with Crippen molar-refractivity contribution in [3.63, 3.8) is 0 Å². The van der Waals surface area contributed by atoms with Gasteiger partial charge < -0.3 is 5.11 Å². The minimum Gasteiger partial charge on any atom is -0.384 e. The molecule has 1 N–H and O–H groups in total. The molecule has 0 spiro atoms. The van der Waals surface area contributed by atoms with Gasteiger partial charge in [0.25, 0.3) is 0 Å². The van der Waals surface area contributed by atoms with Gasteiger partial charge in [-0.3, -0.25) is 0 Å². The molecule has 3 heteroatoms. The molecule has 2 rings (SSSR count). The molecule has 0 aliphatic carbocycles. The lowest BCUT2D eigenvalue weighted by atomic mass is 9.96. The summed E-state index contributed by atoms with van der Waals surface area (Å²) in [4.78, 5) is 0. The zero-order valence-corrected chi connectivity index (χ0v) is 13.9. The molecule has 0 fully saturated rings. The van der Waals surface area contributed by atoms with Crippen molar-refractivity contribution in [2.75, 3.05) is 0 Å². The molecule has 0 aromatic heterocycles. The van der Waals surface area contributed by atoms with E-state index in [-0.39, 0.29) is 0 Å². The van der Waals surface area contributed by atoms with Gasteiger partial charge in [-0.1, -0.05) is 55.8 Å². The second kappa shape index (κ2) is 6.75. The highest BCUT2D eigenvalue weighted by Gasteiger charge is 2.12. The van der Waals surface area contributed by atoms with E-state index in [0.717, 1.165) is 22.0 Å². The third kappa shape index (κ3) is 3.85. The average Bonchev–Trinajstić information content (AvgIpc) is 2.40. The van der Waals surface area contributed by atoms with E-state index in [1.165, 1.54) is 5.56 Å². The number of hydrogen-bond acceptors (Lipinski definition) is 1. The van der Waals surface area contributed by atoms with Crippen LogP contribution in [0.25, 0.3) is 0 Å². The van der Waals surface area contributed by atoms with Gasteiger partial charge in [-0.25, -0.2) is 0 Å². The number of aliphatic hydroxyl groups excluding tert-OH is 1. The lowest BCUT2D eigenvalue weighted by Gasteiger charge is -2.14. The lowest BCUT2D eigenvalue weighted by molar-refractivity contribution is 0.220. The molecule has 0 amide bonds. The molecule has 1 unspecified atom stereocenters. The largest absolute Gasteiger partial charge is 0.384 e. The van der Waals surface area contributed by atoms with E-state index in [1.807, 2.05) is 24.3 Å². The maximum atomic E-state index is 10.5. The first-order valence-corrected chi connectivity index (χ1v) is 7.86. The Kier molecular flexibility index (Phi) is 5.25. The van der Waals surface area contributed by atoms with Gasteiger partial charge >= 0.3 is 0 Å². The lowest BCUT2D eigenvalue weighted by Crippen LogP contribution is -2.02. The van der Waals surface area contributed by atoms with Crippen molar-refractivity contribution < 1.29 is 5.11 Å². The van der Waals surface area contributed by atoms with Crippen molar-refractivity contribution in [1.82, 2.24) is 0 Å². The van der Waals surface area contributed by atoms with Crippen molar-refractivity contribution in [2.24, 2.45) is 5.92 Å². The Hall–Kier alpha value is -0.830. The fourth-order valence-corrected chi connectivity index (χ4v) is 2.75. The third-order valence-electron chi connectivity index (χ3n) is 3.17. The van der Waals surface area contributed by atoms with Gasteiger partial charge in [0.1, 0.15) is 6.10 Å². The van der Waals surface area contributed by atoms with Gasteiger partial charge in [0.15, 0.2) is 0 Å². The normalized spacial score (nSPS) is 12.7. The number of halogens is 2. The van der Waals surface area contributed by atoms with Crippen LogP contribution in [0.4, 0.5) is 0 Å². The van der Waals surface area contributed by atoms with Gasteiger partial charge in [0, 0.05) is 4.47 Å². The third-order valence-corrected chi connectivity index (χ3v) is 4.38. The van der Waals surface area contributed by atoms with Gasteiger partial charge in [0.2, 0.25) is 0 Å². The molecule has 2 aromatic carbocycles. The van der Waals surface area contributed by atoms with Crippen LogP contribution in [0.15, 0.2) is 46.9 Å². The molecule has 0 radical (unpaired) electrons. The van der Waals surface area contributed by atoms with Crippen molar-refractivity contribution in [3.05, 3.63) is 68.7 Å². The van der Waals surface area contributed by atoms with Crippen molar-refractivity contribution >= 4 is 27.5 Å². The minimum absolute atomic E-state index is 0.604. The summed E-state index contributed by atoms with van der Waals surface area (Å²) in [7, 11) is 0. The summed E-state index contributed by atoms with van der Waals surface area (Å²) in [6.45, 7) is 4.39. The number of aliphatic hydroxyl groups is 1. The number of hydrogen-bond donors (Lipinski definition) is 1. The predicted octanol–water partition coefficient (Wildman–Crippen LogP) is 5.38. The van der Waals surface area contributed by atoms with Gasteiger partial charge in [0.05, 0.1) is 5.02 Å². The smallest absolute Gasteiger partial charge is 0.104 e. The summed E-state index contributed by atoms with van der Waals surface area (Å²) in [6.07, 6.45) is 0.390. The fraction of sp³-hybridized carbons (Fsp3) is 0.294. The molecule has 1 atom stereocenters. The SMILES string of the molecule is CC(C)Cc1cccc(C(O)c2ccc(Cl)c(Br)c2)c1. The molecule has 0 saturated carbocycles. The summed E-state index contributed by atoms with van der Waals surface area (Å²) in [6, 6.07) is 13.6. The monoisotopic (exact) mass is 352 g/mol. The van der Waals surface area contributed by atoms with Crippen LogP contribution in [0.2, 0.25) is 5.02 Å². The van der Waals surface area contributed by atoms with E-state index in [4.69, 9.17) is 11.6 Å². The van der Waals surface area contributed by atoms with E-state index < -0.39 is 6.10 Å². The van der Waals surface area contributed by atoms with E-state index in [1.54, 1.807) is 6.07 Å². The summed E-state index contributed by atoms with van der Waals surface area (Å²) in [5.41, 5.74) is 3.00. The van der Waals surface area contributed by atoms with Crippen molar-refractivity contribution in [2.45, 2.75) is 26.4 Å². The molecule has 0 aliphatic heterocycles. The van der Waals surface area contributed by atoms with Crippen LogP contribution in [0, 0.1) is 5.92 Å². The first-order chi connectivity index (χ1) is 9.47. The Bertz CT molecular complexity index is 595. The zero-order chi connectivity index (χ0) is 14.7. The Labute approximate surface area is 133 Å². The fourth-order valence-electron chi connectivity index (χ4n) is 2.24. The maximum absolute atomic E-state index is 10.5. The van der Waals surface area contributed by atoms with E-state index in [9.17, 15) is 5.11 Å². The summed E-state index contributed by atoms with van der Waals surface area (Å²) in [5.74, 6) is 0.604. The molecule has 20 heavy (non-hydrogen) atoms. The molecule has 0 aliphatic rings. The second-order valence-electron chi connectivity index (χ2n) is 5.42. The summed E-state index contributed by atoms with van der Waals surface area (Å²) in [5, 5.41) is 11.1. The Balaban J connectivity index is 2.28. The molecule has 2 aromatic rings. The first kappa shape index (κ1) is 15.6. The molecule has 106 valence electrons. The molecule has 1 nitrogen and oxygen atoms in total. The Morgan fingerprint density at radius 1 is 1.10 bits per heavy atom. The van der Waals surface area contributed by atoms with Gasteiger partial charge in [-0.15, -0.1) is 0 Å². The number of rotatable bonds is 4. The van der Waals surface area contributed by atoms with E-state index in [2.05, 4.69) is 41.9 Å². The highest BCUT2D eigenvalue weighted by Crippen LogP contribution is 2.29. The predicted molar refractivity (Wildman–Crippen MR) is 88.2 cm³/mol. The van der Waals surface area contributed by atoms with Crippen LogP contribution in [-0.2, 0) is 6.42 Å². The number of benzene rings is 2. The average molecular weight is 354 g/mol. The van der Waals surface area contributed by atoms with Crippen LogP contribution in [0.5, 0.6) is 0 Å².